The number of hydrogen-bond acceptors (Lipinski definition) is 6. The van der Waals surface area contributed by atoms with Crippen molar-refractivity contribution in [3.63, 3.8) is 0 Å². The van der Waals surface area contributed by atoms with Crippen molar-refractivity contribution in [2.75, 3.05) is 7.11 Å². The summed E-state index contributed by atoms with van der Waals surface area (Å²) in [6, 6.07) is 27.4. The van der Waals surface area contributed by atoms with Crippen molar-refractivity contribution in [1.29, 1.82) is 5.26 Å². The molecule has 1 aliphatic carbocycles. The molecular formula is C30H26N2O4. The summed E-state index contributed by atoms with van der Waals surface area (Å²) in [6.45, 7) is 0.388. The van der Waals surface area contributed by atoms with Gasteiger partial charge in [-0.25, -0.2) is 0 Å². The molecule has 0 saturated heterocycles. The lowest BCUT2D eigenvalue weighted by atomic mass is 9.73. The van der Waals surface area contributed by atoms with Crippen LogP contribution in [0.25, 0.3) is 0 Å². The minimum Gasteiger partial charge on any atom is -0.493 e. The Kier molecular flexibility index (Phi) is 6.46. The number of ketones is 1. The molecule has 0 amide bonds. The normalized spacial score (nSPS) is 19.3. The van der Waals surface area contributed by atoms with E-state index in [0.717, 1.165) is 16.7 Å². The van der Waals surface area contributed by atoms with E-state index in [1.165, 1.54) is 0 Å². The predicted molar refractivity (Wildman–Crippen MR) is 135 cm³/mol. The Morgan fingerprint density at radius 1 is 0.972 bits per heavy atom. The van der Waals surface area contributed by atoms with Crippen LogP contribution in [-0.2, 0) is 16.1 Å². The van der Waals surface area contributed by atoms with Crippen LogP contribution in [0.15, 0.2) is 102 Å². The summed E-state index contributed by atoms with van der Waals surface area (Å²) in [4.78, 5) is 13.5. The summed E-state index contributed by atoms with van der Waals surface area (Å²) in [5.41, 5.74) is 9.75. The van der Waals surface area contributed by atoms with Crippen molar-refractivity contribution < 1.29 is 19.0 Å². The van der Waals surface area contributed by atoms with Crippen molar-refractivity contribution in [1.82, 2.24) is 0 Å². The van der Waals surface area contributed by atoms with E-state index in [-0.39, 0.29) is 23.2 Å². The quantitative estimate of drug-likeness (QED) is 0.504. The number of carbonyl (C=O) groups is 1. The molecule has 0 bridgehead atoms. The fourth-order valence-corrected chi connectivity index (χ4v) is 4.92. The standard InChI is InChI=1S/C30H26N2O4/c1-34-26-15-21(12-13-25(26)35-18-19-8-4-2-5-9-19)28-23(17-31)30(32)36-27-16-22(14-24(33)29(27)28)20-10-6-3-7-11-20/h2-13,15,22,28H,14,16,18,32H2,1H3/t22-,28+/m1/s1. The van der Waals surface area contributed by atoms with Gasteiger partial charge in [0.25, 0.3) is 0 Å². The van der Waals surface area contributed by atoms with Gasteiger partial charge >= 0.3 is 0 Å². The summed E-state index contributed by atoms with van der Waals surface area (Å²) >= 11 is 0. The molecule has 6 nitrogen and oxygen atoms in total. The Hall–Kier alpha value is -4.50. The summed E-state index contributed by atoms with van der Waals surface area (Å²) < 4.78 is 17.5. The van der Waals surface area contributed by atoms with Gasteiger partial charge in [0.2, 0.25) is 5.88 Å². The Labute approximate surface area is 210 Å². The second-order valence-electron chi connectivity index (χ2n) is 8.89. The van der Waals surface area contributed by atoms with Gasteiger partial charge in [-0.05, 0) is 34.7 Å². The maximum atomic E-state index is 13.5. The van der Waals surface area contributed by atoms with Crippen LogP contribution in [0.1, 0.15) is 41.4 Å². The van der Waals surface area contributed by atoms with Crippen LogP contribution in [0, 0.1) is 11.3 Å². The van der Waals surface area contributed by atoms with Crippen LogP contribution >= 0.6 is 0 Å². The zero-order valence-corrected chi connectivity index (χ0v) is 19.9. The van der Waals surface area contributed by atoms with Crippen LogP contribution in [0.5, 0.6) is 11.5 Å². The number of hydrogen-bond donors (Lipinski definition) is 1. The molecule has 0 radical (unpaired) electrons. The number of benzene rings is 3. The lowest BCUT2D eigenvalue weighted by molar-refractivity contribution is -0.117. The Morgan fingerprint density at radius 2 is 1.69 bits per heavy atom. The molecule has 3 aromatic rings. The average Bonchev–Trinajstić information content (AvgIpc) is 2.92. The molecule has 0 saturated carbocycles. The monoisotopic (exact) mass is 478 g/mol. The average molecular weight is 479 g/mol. The number of nitrogens with zero attached hydrogens (tertiary/aromatic N) is 1. The molecule has 0 fully saturated rings. The third kappa shape index (κ3) is 4.44. The largest absolute Gasteiger partial charge is 0.493 e. The highest BCUT2D eigenvalue weighted by Gasteiger charge is 2.41. The molecule has 5 rings (SSSR count). The number of Topliss-reactive ketones (excluding diaryl/α,β-unsaturated/α-hetero) is 1. The Balaban J connectivity index is 1.49. The van der Waals surface area contributed by atoms with Gasteiger partial charge < -0.3 is 19.9 Å². The number of ether oxygens (including phenoxy) is 3. The summed E-state index contributed by atoms with van der Waals surface area (Å²) in [5, 5.41) is 9.93. The molecule has 0 aromatic heterocycles. The van der Waals surface area contributed by atoms with Gasteiger partial charge in [-0.3, -0.25) is 4.79 Å². The van der Waals surface area contributed by atoms with E-state index >= 15 is 0 Å². The van der Waals surface area contributed by atoms with Crippen LogP contribution < -0.4 is 15.2 Å². The van der Waals surface area contributed by atoms with Gasteiger partial charge in [-0.15, -0.1) is 0 Å². The summed E-state index contributed by atoms with van der Waals surface area (Å²) in [5.74, 6) is 0.979. The molecule has 2 N–H and O–H groups in total. The Morgan fingerprint density at radius 3 is 2.39 bits per heavy atom. The molecule has 0 unspecified atom stereocenters. The van der Waals surface area contributed by atoms with Crippen LogP contribution in [0.2, 0.25) is 0 Å². The number of allylic oxidation sites excluding steroid dienone is 3. The molecule has 2 aliphatic rings. The SMILES string of the molecule is COc1cc([C@H]2C(C#N)=C(N)OC3=C2C(=O)C[C@@H](c2ccccc2)C3)ccc1OCc1ccccc1. The van der Waals surface area contributed by atoms with E-state index in [9.17, 15) is 10.1 Å². The minimum absolute atomic E-state index is 0.00201. The summed E-state index contributed by atoms with van der Waals surface area (Å²) in [7, 11) is 1.56. The van der Waals surface area contributed by atoms with E-state index in [2.05, 4.69) is 6.07 Å². The first-order chi connectivity index (χ1) is 17.6. The first-order valence-electron chi connectivity index (χ1n) is 11.8. The zero-order valence-electron chi connectivity index (χ0n) is 19.9. The number of carbonyl (C=O) groups excluding carboxylic acids is 1. The summed E-state index contributed by atoms with van der Waals surface area (Å²) in [6.07, 6.45) is 0.882. The smallest absolute Gasteiger partial charge is 0.205 e. The van der Waals surface area contributed by atoms with E-state index in [1.54, 1.807) is 13.2 Å². The Bertz CT molecular complexity index is 1390. The lowest BCUT2D eigenvalue weighted by Crippen LogP contribution is -2.29. The van der Waals surface area contributed by atoms with Gasteiger partial charge in [0.15, 0.2) is 17.3 Å². The maximum absolute atomic E-state index is 13.5. The highest BCUT2D eigenvalue weighted by Crippen LogP contribution is 2.47. The number of rotatable bonds is 6. The zero-order chi connectivity index (χ0) is 25.1. The van der Waals surface area contributed by atoms with Crippen LogP contribution in [0.3, 0.4) is 0 Å². The highest BCUT2D eigenvalue weighted by atomic mass is 16.5. The highest BCUT2D eigenvalue weighted by molar-refractivity contribution is 6.00. The molecule has 1 aliphatic heterocycles. The number of methoxy groups -OCH3 is 1. The lowest BCUT2D eigenvalue weighted by Gasteiger charge is -2.34. The van der Waals surface area contributed by atoms with Gasteiger partial charge in [-0.1, -0.05) is 66.7 Å². The van der Waals surface area contributed by atoms with E-state index in [1.807, 2.05) is 72.8 Å². The second-order valence-corrected chi connectivity index (χ2v) is 8.89. The topological polar surface area (TPSA) is 94.6 Å². The maximum Gasteiger partial charge on any atom is 0.205 e. The number of nitriles is 1. The second kappa shape index (κ2) is 10.0. The van der Waals surface area contributed by atoms with Gasteiger partial charge in [0.1, 0.15) is 24.0 Å². The molecule has 6 heteroatoms. The van der Waals surface area contributed by atoms with Crippen LogP contribution in [0.4, 0.5) is 0 Å². The van der Waals surface area contributed by atoms with Crippen molar-refractivity contribution >= 4 is 5.78 Å². The van der Waals surface area contributed by atoms with E-state index in [0.29, 0.717) is 42.3 Å². The van der Waals surface area contributed by atoms with Crippen molar-refractivity contribution in [2.24, 2.45) is 5.73 Å². The van der Waals surface area contributed by atoms with E-state index in [4.69, 9.17) is 19.9 Å². The van der Waals surface area contributed by atoms with Gasteiger partial charge in [0, 0.05) is 18.4 Å². The molecule has 3 aromatic carbocycles. The van der Waals surface area contributed by atoms with Crippen molar-refractivity contribution in [3.05, 3.63) is 118 Å². The molecule has 180 valence electrons. The first kappa shape index (κ1) is 23.3. The fourth-order valence-electron chi connectivity index (χ4n) is 4.92. The first-order valence-corrected chi connectivity index (χ1v) is 11.8. The van der Waals surface area contributed by atoms with Crippen molar-refractivity contribution in [3.8, 4) is 17.6 Å². The van der Waals surface area contributed by atoms with Crippen LogP contribution in [-0.4, -0.2) is 12.9 Å². The number of nitrogens with two attached hydrogens (primary N) is 1. The third-order valence-electron chi connectivity index (χ3n) is 6.69. The molecule has 2 atom stereocenters. The van der Waals surface area contributed by atoms with E-state index < -0.39 is 5.92 Å². The van der Waals surface area contributed by atoms with Crippen molar-refractivity contribution in [2.45, 2.75) is 31.3 Å². The minimum atomic E-state index is -0.625. The predicted octanol–water partition coefficient (Wildman–Crippen LogP) is 5.48. The third-order valence-corrected chi connectivity index (χ3v) is 6.69. The van der Waals surface area contributed by atoms with Gasteiger partial charge in [-0.2, -0.15) is 5.26 Å². The molecule has 0 spiro atoms. The fraction of sp³-hybridized carbons (Fsp3) is 0.200. The molecular weight excluding hydrogens is 452 g/mol. The molecule has 36 heavy (non-hydrogen) atoms. The molecule has 1 heterocycles. The van der Waals surface area contributed by atoms with Gasteiger partial charge in [0.05, 0.1) is 13.0 Å².